The third-order valence-corrected chi connectivity index (χ3v) is 5.97. The smallest absolute Gasteiger partial charge is 0.336 e. The molecule has 2 heterocycles. The molecule has 1 fully saturated rings. The van der Waals surface area contributed by atoms with Crippen LogP contribution in [-0.4, -0.2) is 44.2 Å². The maximum absolute atomic E-state index is 12.3. The van der Waals surface area contributed by atoms with Crippen LogP contribution in [0, 0.1) is 0 Å². The summed E-state index contributed by atoms with van der Waals surface area (Å²) in [4.78, 5) is 27.3. The molecule has 1 amide bonds. The topological polar surface area (TPSA) is 68.2 Å². The molecule has 2 unspecified atom stereocenters. The normalized spacial score (nSPS) is 20.0. The van der Waals surface area contributed by atoms with Crippen molar-refractivity contribution in [1.82, 2.24) is 5.32 Å². The second-order valence-corrected chi connectivity index (χ2v) is 9.76. The lowest BCUT2D eigenvalue weighted by atomic mass is 10.0. The Morgan fingerprint density at radius 2 is 1.77 bits per heavy atom. The van der Waals surface area contributed by atoms with Crippen molar-refractivity contribution in [3.8, 4) is 0 Å². The van der Waals surface area contributed by atoms with Gasteiger partial charge >= 0.3 is 5.63 Å². The molecule has 164 valence electrons. The number of carbonyl (C=O) groups excluding carboxylic acids is 1. The molecule has 31 heavy (non-hydrogen) atoms. The first-order valence-electron chi connectivity index (χ1n) is 11.2. The largest absolute Gasteiger partial charge is 0.423 e. The van der Waals surface area contributed by atoms with Gasteiger partial charge in [0.25, 0.3) is 5.91 Å². The summed E-state index contributed by atoms with van der Waals surface area (Å²) in [7, 11) is 0. The Hall–Kier alpha value is -2.70. The van der Waals surface area contributed by atoms with Gasteiger partial charge in [-0.1, -0.05) is 30.3 Å². The molecule has 6 heteroatoms. The highest BCUT2D eigenvalue weighted by atomic mass is 16.4. The van der Waals surface area contributed by atoms with Crippen molar-refractivity contribution >= 4 is 27.6 Å². The van der Waals surface area contributed by atoms with Crippen molar-refractivity contribution in [2.45, 2.75) is 39.3 Å². The van der Waals surface area contributed by atoms with Gasteiger partial charge in [0.15, 0.2) is 6.54 Å². The number of amides is 1. The number of rotatable bonds is 4. The average molecular weight is 424 g/mol. The summed E-state index contributed by atoms with van der Waals surface area (Å²) in [5.74, 6) is 0.115. The minimum atomic E-state index is -0.293. The van der Waals surface area contributed by atoms with Crippen LogP contribution >= 0.6 is 0 Å². The number of quaternary nitrogens is 2. The molecule has 1 saturated heterocycles. The van der Waals surface area contributed by atoms with Crippen LogP contribution in [0.5, 0.6) is 0 Å². The molecule has 0 bridgehead atoms. The lowest BCUT2D eigenvalue weighted by Crippen LogP contribution is -3.17. The van der Waals surface area contributed by atoms with Gasteiger partial charge in [0.1, 0.15) is 25.2 Å². The van der Waals surface area contributed by atoms with Gasteiger partial charge in [0.2, 0.25) is 0 Å². The number of carbonyl (C=O) groups is 1. The summed E-state index contributed by atoms with van der Waals surface area (Å²) in [6, 6.07) is 13.8. The summed E-state index contributed by atoms with van der Waals surface area (Å²) in [5, 5.41) is 6.39. The van der Waals surface area contributed by atoms with E-state index in [0.717, 1.165) is 60.9 Å². The summed E-state index contributed by atoms with van der Waals surface area (Å²) in [6.07, 6.45) is 1.06. The molecule has 4 rings (SSSR count). The summed E-state index contributed by atoms with van der Waals surface area (Å²) < 4.78 is 5.51. The zero-order valence-corrected chi connectivity index (χ0v) is 18.7. The van der Waals surface area contributed by atoms with Crippen molar-refractivity contribution in [3.05, 3.63) is 58.4 Å². The molecule has 0 radical (unpaired) electrons. The Kier molecular flexibility index (Phi) is 6.12. The molecular weight excluding hydrogens is 390 g/mol. The number of fused-ring (bicyclic) bond motifs is 3. The van der Waals surface area contributed by atoms with E-state index in [1.54, 1.807) is 6.07 Å². The van der Waals surface area contributed by atoms with Gasteiger partial charge in [0, 0.05) is 29.0 Å². The number of hydrogen-bond acceptors (Lipinski definition) is 3. The van der Waals surface area contributed by atoms with Crippen LogP contribution in [0.2, 0.25) is 0 Å². The Balaban J connectivity index is 1.51. The standard InChI is InChI=1S/C25H31N3O3/c1-25(2,3)26-22(29)17-28-12-6-11-27(13-14-28)16-19-15-23(30)31-21-10-9-18-7-4-5-8-20(18)24(19)21/h4-5,7-10,15H,6,11-14,16-17H2,1-3H3,(H,26,29)/p+2. The Morgan fingerprint density at radius 1 is 1.03 bits per heavy atom. The fourth-order valence-corrected chi connectivity index (χ4v) is 4.66. The number of nitrogens with one attached hydrogen (secondary N) is 3. The third-order valence-electron chi connectivity index (χ3n) is 5.97. The van der Waals surface area contributed by atoms with Gasteiger partial charge in [-0.2, -0.15) is 0 Å². The van der Waals surface area contributed by atoms with Crippen LogP contribution in [-0.2, 0) is 11.3 Å². The van der Waals surface area contributed by atoms with E-state index in [2.05, 4.69) is 17.4 Å². The first kappa shape index (κ1) is 21.5. The van der Waals surface area contributed by atoms with Gasteiger partial charge in [-0.15, -0.1) is 0 Å². The molecule has 2 atom stereocenters. The van der Waals surface area contributed by atoms with Crippen LogP contribution in [0.1, 0.15) is 32.8 Å². The van der Waals surface area contributed by atoms with Crippen molar-refractivity contribution < 1.29 is 19.0 Å². The van der Waals surface area contributed by atoms with Crippen LogP contribution in [0.25, 0.3) is 21.7 Å². The van der Waals surface area contributed by atoms with E-state index < -0.39 is 0 Å². The second-order valence-electron chi connectivity index (χ2n) is 9.76. The van der Waals surface area contributed by atoms with Gasteiger partial charge in [0.05, 0.1) is 13.1 Å². The van der Waals surface area contributed by atoms with E-state index in [4.69, 9.17) is 4.42 Å². The first-order valence-corrected chi connectivity index (χ1v) is 11.2. The van der Waals surface area contributed by atoms with Crippen molar-refractivity contribution in [3.63, 3.8) is 0 Å². The summed E-state index contributed by atoms with van der Waals surface area (Å²) in [5.41, 5.74) is 1.21. The van der Waals surface area contributed by atoms with Gasteiger partial charge in [-0.3, -0.25) is 4.79 Å². The van der Waals surface area contributed by atoms with E-state index >= 15 is 0 Å². The van der Waals surface area contributed by atoms with E-state index in [1.807, 2.05) is 45.0 Å². The van der Waals surface area contributed by atoms with Gasteiger partial charge in [-0.05, 0) is 37.6 Å². The zero-order valence-electron chi connectivity index (χ0n) is 18.7. The van der Waals surface area contributed by atoms with Gasteiger partial charge in [-0.25, -0.2) is 4.79 Å². The molecule has 3 N–H and O–H groups in total. The number of benzene rings is 2. The maximum Gasteiger partial charge on any atom is 0.336 e. The Bertz CT molecular complexity index is 1150. The van der Waals surface area contributed by atoms with E-state index in [0.29, 0.717) is 12.1 Å². The quantitative estimate of drug-likeness (QED) is 0.424. The average Bonchev–Trinajstić information content (AvgIpc) is 2.91. The monoisotopic (exact) mass is 423 g/mol. The van der Waals surface area contributed by atoms with Crippen LogP contribution in [0.4, 0.5) is 0 Å². The Morgan fingerprint density at radius 3 is 2.58 bits per heavy atom. The van der Waals surface area contributed by atoms with E-state index in [9.17, 15) is 9.59 Å². The molecule has 1 aliphatic rings. The highest BCUT2D eigenvalue weighted by Gasteiger charge is 2.25. The lowest BCUT2D eigenvalue weighted by Gasteiger charge is -2.22. The second kappa shape index (κ2) is 8.81. The molecule has 0 aliphatic carbocycles. The molecule has 3 aromatic rings. The first-order chi connectivity index (χ1) is 14.8. The van der Waals surface area contributed by atoms with Gasteiger partial charge < -0.3 is 19.5 Å². The molecule has 0 spiro atoms. The SMILES string of the molecule is CC(C)(C)NC(=O)C[NH+]1CCC[NH+](Cc2cc(=O)oc3ccc4ccccc4c23)CC1. The Labute approximate surface area is 182 Å². The zero-order chi connectivity index (χ0) is 22.0. The highest BCUT2D eigenvalue weighted by molar-refractivity contribution is 6.06. The summed E-state index contributed by atoms with van der Waals surface area (Å²) in [6.45, 7) is 11.3. The van der Waals surface area contributed by atoms with Crippen LogP contribution < -0.4 is 20.7 Å². The predicted molar refractivity (Wildman–Crippen MR) is 122 cm³/mol. The van der Waals surface area contributed by atoms with Crippen LogP contribution in [0.15, 0.2) is 51.7 Å². The molecular formula is C25H33N3O3+2. The molecule has 2 aromatic carbocycles. The fraction of sp³-hybridized carbons (Fsp3) is 0.440. The van der Waals surface area contributed by atoms with Crippen molar-refractivity contribution in [2.24, 2.45) is 0 Å². The third kappa shape index (κ3) is 5.32. The lowest BCUT2D eigenvalue weighted by molar-refractivity contribution is -0.942. The van der Waals surface area contributed by atoms with E-state index in [-0.39, 0.29) is 17.1 Å². The molecule has 1 aliphatic heterocycles. The van der Waals surface area contributed by atoms with E-state index in [1.165, 1.54) is 9.80 Å². The van der Waals surface area contributed by atoms with Crippen molar-refractivity contribution in [2.75, 3.05) is 32.7 Å². The minimum absolute atomic E-state index is 0.115. The fourth-order valence-electron chi connectivity index (χ4n) is 4.66. The van der Waals surface area contributed by atoms with Crippen molar-refractivity contribution in [1.29, 1.82) is 0 Å². The number of hydrogen-bond donors (Lipinski definition) is 3. The highest BCUT2D eigenvalue weighted by Crippen LogP contribution is 2.26. The molecule has 6 nitrogen and oxygen atoms in total. The molecule has 1 aromatic heterocycles. The predicted octanol–water partition coefficient (Wildman–Crippen LogP) is 0.534. The molecule has 0 saturated carbocycles. The van der Waals surface area contributed by atoms with Crippen LogP contribution in [0.3, 0.4) is 0 Å². The maximum atomic E-state index is 12.3. The summed E-state index contributed by atoms with van der Waals surface area (Å²) >= 11 is 0. The minimum Gasteiger partial charge on any atom is -0.423 e.